The third-order valence-electron chi connectivity index (χ3n) is 0.833. The number of hydrogen-bond donors (Lipinski definition) is 1. The Hall–Kier alpha value is 0.0249. The predicted octanol–water partition coefficient (Wildman–Crippen LogP) is 0.180. The number of hydrogen-bond acceptors (Lipinski definition) is 1. The van der Waals surface area contributed by atoms with Gasteiger partial charge in [0.05, 0.1) is 0 Å². The van der Waals surface area contributed by atoms with Gasteiger partial charge in [0.2, 0.25) is 0 Å². The van der Waals surface area contributed by atoms with E-state index in [2.05, 4.69) is 0 Å². The summed E-state index contributed by atoms with van der Waals surface area (Å²) in [5.74, 6) is 0.565. The summed E-state index contributed by atoms with van der Waals surface area (Å²) >= 11 is 0. The van der Waals surface area contributed by atoms with Crippen LogP contribution in [0.5, 0.6) is 0 Å². The third kappa shape index (κ3) is 0.654. The molecule has 0 saturated heterocycles. The summed E-state index contributed by atoms with van der Waals surface area (Å²) in [6.45, 7) is 0. The van der Waals surface area contributed by atoms with Crippen molar-refractivity contribution in [3.63, 3.8) is 0 Å². The van der Waals surface area contributed by atoms with Gasteiger partial charge in [-0.2, -0.15) is 0 Å². The molecule has 0 aliphatic heterocycles. The molecule has 1 radical (unpaired) electrons. The fourth-order valence-corrected chi connectivity index (χ4v) is 0.245. The second-order valence-electron chi connectivity index (χ2n) is 1.49. The van der Waals surface area contributed by atoms with E-state index in [-0.39, 0.29) is 0 Å². The summed E-state index contributed by atoms with van der Waals surface area (Å²) in [5, 5.41) is 8.08. The van der Waals surface area contributed by atoms with Crippen LogP contribution in [-0.2, 0) is 0 Å². The van der Waals surface area contributed by atoms with E-state index in [9.17, 15) is 0 Å². The van der Waals surface area contributed by atoms with E-state index in [0.717, 1.165) is 0 Å². The van der Waals surface area contributed by atoms with Gasteiger partial charge >= 0.3 is 0 Å². The van der Waals surface area contributed by atoms with Crippen molar-refractivity contribution in [3.05, 3.63) is 0 Å². The van der Waals surface area contributed by atoms with Crippen molar-refractivity contribution in [2.75, 3.05) is 0 Å². The molecule has 0 spiro atoms. The van der Waals surface area contributed by atoms with Gasteiger partial charge in [0, 0.05) is 0 Å². The first-order chi connectivity index (χ1) is 2.43. The Morgan fingerprint density at radius 3 is 2.20 bits per heavy atom. The Morgan fingerprint density at radius 1 is 1.60 bits per heavy atom. The molecule has 1 aliphatic rings. The van der Waals surface area contributed by atoms with E-state index in [0.29, 0.717) is 5.82 Å². The van der Waals surface area contributed by atoms with Crippen LogP contribution in [0.1, 0.15) is 12.8 Å². The average Bonchev–Trinajstić information content (AvgIpc) is 2.12. The van der Waals surface area contributed by atoms with E-state index < -0.39 is 0 Å². The smallest absolute Gasteiger partial charge is 0.290 e. The zero-order valence-electron chi connectivity index (χ0n) is 3.02. The Morgan fingerprint density at radius 2 is 2.20 bits per heavy atom. The van der Waals surface area contributed by atoms with Gasteiger partial charge in [-0.3, -0.25) is 0 Å². The lowest BCUT2D eigenvalue weighted by atomic mass is 9.94. The average molecular weight is 68.9 g/mol. The lowest BCUT2D eigenvalue weighted by molar-refractivity contribution is 0.599. The van der Waals surface area contributed by atoms with Gasteiger partial charge in [-0.15, -0.1) is 0 Å². The van der Waals surface area contributed by atoms with Crippen LogP contribution in [-0.4, -0.2) is 12.5 Å². The molecule has 0 amide bonds. The first-order valence-corrected chi connectivity index (χ1v) is 1.91. The summed E-state index contributed by atoms with van der Waals surface area (Å²) in [7, 11) is 1.28. The monoisotopic (exact) mass is 69.1 g/mol. The Balaban J connectivity index is 2.00. The van der Waals surface area contributed by atoms with Crippen molar-refractivity contribution in [2.45, 2.75) is 18.7 Å². The van der Waals surface area contributed by atoms with Crippen molar-refractivity contribution >= 4 is 7.48 Å². The Labute approximate surface area is 32.3 Å². The fourth-order valence-electron chi connectivity index (χ4n) is 0.245. The topological polar surface area (TPSA) is 20.2 Å². The Bertz CT molecular complexity index is 33.9. The standard InChI is InChI=1S/C3H6BO/c5-4-3-1-2-3/h3,5H,1-2H2. The van der Waals surface area contributed by atoms with Gasteiger partial charge in [-0.05, 0) is 5.82 Å². The molecule has 1 fully saturated rings. The minimum absolute atomic E-state index is 0.565. The van der Waals surface area contributed by atoms with Gasteiger partial charge in [0.15, 0.2) is 0 Å². The SMILES string of the molecule is O[B]C1CC1. The molecule has 1 rings (SSSR count). The molecule has 1 aliphatic carbocycles. The molecule has 1 N–H and O–H groups in total. The first-order valence-electron chi connectivity index (χ1n) is 1.91. The molecule has 0 aromatic heterocycles. The van der Waals surface area contributed by atoms with Gasteiger partial charge in [-0.1, -0.05) is 12.8 Å². The first kappa shape index (κ1) is 3.22. The lowest BCUT2D eigenvalue weighted by Crippen LogP contribution is -1.80. The molecule has 0 aromatic rings. The summed E-state index contributed by atoms with van der Waals surface area (Å²) < 4.78 is 0. The molecule has 0 unspecified atom stereocenters. The van der Waals surface area contributed by atoms with Crippen LogP contribution in [0.3, 0.4) is 0 Å². The molecule has 0 aromatic carbocycles. The second-order valence-corrected chi connectivity index (χ2v) is 1.49. The molecule has 27 valence electrons. The highest BCUT2D eigenvalue weighted by Gasteiger charge is 2.20. The summed E-state index contributed by atoms with van der Waals surface area (Å²) in [6.07, 6.45) is 2.41. The molecular weight excluding hydrogens is 62.8 g/mol. The molecule has 5 heavy (non-hydrogen) atoms. The predicted molar refractivity (Wildman–Crippen MR) is 21.0 cm³/mol. The molecule has 1 saturated carbocycles. The highest BCUT2D eigenvalue weighted by molar-refractivity contribution is 6.29. The van der Waals surface area contributed by atoms with Crippen molar-refractivity contribution in [2.24, 2.45) is 0 Å². The van der Waals surface area contributed by atoms with Crippen molar-refractivity contribution in [3.8, 4) is 0 Å². The molecular formula is C3H6BO. The van der Waals surface area contributed by atoms with Crippen LogP contribution in [0, 0.1) is 0 Å². The maximum absolute atomic E-state index is 8.08. The Kier molecular flexibility index (Phi) is 0.654. The lowest BCUT2D eigenvalue weighted by Gasteiger charge is -1.67. The van der Waals surface area contributed by atoms with Crippen molar-refractivity contribution in [1.82, 2.24) is 0 Å². The highest BCUT2D eigenvalue weighted by atomic mass is 16.2. The zero-order chi connectivity index (χ0) is 3.70. The van der Waals surface area contributed by atoms with Crippen LogP contribution < -0.4 is 0 Å². The largest absolute Gasteiger partial charge is 0.454 e. The third-order valence-corrected chi connectivity index (χ3v) is 0.833. The van der Waals surface area contributed by atoms with Gasteiger partial charge in [0.1, 0.15) is 0 Å². The van der Waals surface area contributed by atoms with Crippen molar-refractivity contribution in [1.29, 1.82) is 0 Å². The molecule has 0 heterocycles. The van der Waals surface area contributed by atoms with E-state index in [1.807, 2.05) is 0 Å². The van der Waals surface area contributed by atoms with Crippen LogP contribution in [0.2, 0.25) is 5.82 Å². The van der Waals surface area contributed by atoms with Gasteiger partial charge in [0.25, 0.3) is 7.48 Å². The van der Waals surface area contributed by atoms with Crippen LogP contribution in [0.15, 0.2) is 0 Å². The van der Waals surface area contributed by atoms with E-state index in [4.69, 9.17) is 5.02 Å². The summed E-state index contributed by atoms with van der Waals surface area (Å²) in [5.41, 5.74) is 0. The summed E-state index contributed by atoms with van der Waals surface area (Å²) in [6, 6.07) is 0. The molecule has 2 heteroatoms. The van der Waals surface area contributed by atoms with Gasteiger partial charge in [-0.25, -0.2) is 0 Å². The minimum atomic E-state index is 0.565. The number of rotatable bonds is 1. The quantitative estimate of drug-likeness (QED) is 0.435. The fraction of sp³-hybridized carbons (Fsp3) is 1.00. The highest BCUT2D eigenvalue weighted by Crippen LogP contribution is 2.33. The van der Waals surface area contributed by atoms with E-state index in [1.165, 1.54) is 20.3 Å². The van der Waals surface area contributed by atoms with E-state index in [1.54, 1.807) is 0 Å². The molecule has 0 atom stereocenters. The zero-order valence-corrected chi connectivity index (χ0v) is 3.02. The van der Waals surface area contributed by atoms with Crippen molar-refractivity contribution < 1.29 is 5.02 Å². The van der Waals surface area contributed by atoms with E-state index >= 15 is 0 Å². The van der Waals surface area contributed by atoms with Crippen LogP contribution in [0.4, 0.5) is 0 Å². The van der Waals surface area contributed by atoms with Gasteiger partial charge < -0.3 is 5.02 Å². The normalized spacial score (nSPS) is 22.6. The molecule has 1 nitrogen and oxygen atoms in total. The maximum Gasteiger partial charge on any atom is 0.290 e. The minimum Gasteiger partial charge on any atom is -0.454 e. The maximum atomic E-state index is 8.08. The second kappa shape index (κ2) is 1.01. The van der Waals surface area contributed by atoms with Crippen LogP contribution >= 0.6 is 0 Å². The molecule has 0 bridgehead atoms. The summed E-state index contributed by atoms with van der Waals surface area (Å²) in [4.78, 5) is 0. The van der Waals surface area contributed by atoms with Crippen LogP contribution in [0.25, 0.3) is 0 Å².